The van der Waals surface area contributed by atoms with Gasteiger partial charge < -0.3 is 14.2 Å². The van der Waals surface area contributed by atoms with E-state index in [4.69, 9.17) is 43.0 Å². The molecule has 0 aliphatic rings. The van der Waals surface area contributed by atoms with Crippen LogP contribution >= 0.6 is 31.9 Å². The van der Waals surface area contributed by atoms with Crippen LogP contribution < -0.4 is 0 Å². The predicted octanol–water partition coefficient (Wildman–Crippen LogP) is 11.2. The maximum Gasteiger partial charge on any atom is 0.373 e. The smallest absolute Gasteiger partial charge is 0.373 e. The Hall–Kier alpha value is -2.49. The van der Waals surface area contributed by atoms with Crippen molar-refractivity contribution in [3.63, 3.8) is 0 Å². The van der Waals surface area contributed by atoms with Crippen LogP contribution in [-0.2, 0) is 57.4 Å². The zero-order valence-electron chi connectivity index (χ0n) is 36.9. The molecule has 336 valence electrons. The Kier molecular flexibility index (Phi) is 62.3. The molecule has 0 rings (SSSR count). The van der Waals surface area contributed by atoms with Gasteiger partial charge in [-0.25, -0.2) is 0 Å². The molecule has 0 heterocycles. The molecule has 57 heavy (non-hydrogen) atoms. The van der Waals surface area contributed by atoms with Gasteiger partial charge in [-0.2, -0.15) is 28.8 Å². The highest BCUT2D eigenvalue weighted by Crippen LogP contribution is 2.39. The monoisotopic (exact) mass is 944 g/mol. The van der Waals surface area contributed by atoms with Crippen LogP contribution in [0.2, 0.25) is 0 Å². The molecule has 0 spiro atoms. The zero-order valence-corrected chi connectivity index (χ0v) is 40.1. The number of carbonyl (C=O) groups is 3. The minimum absolute atomic E-state index is 0.0200. The third kappa shape index (κ3) is 41.5. The van der Waals surface area contributed by atoms with Gasteiger partial charge in [-0.15, -0.1) is 0 Å². The van der Waals surface area contributed by atoms with E-state index in [0.29, 0.717) is 38.1 Å². The number of rotatable bonds is 28. The fraction of sp³-hybridized carbons (Fsp3) is 0.860. The number of alkyl halides is 2. The topological polar surface area (TPSA) is 181 Å². The van der Waals surface area contributed by atoms with Crippen LogP contribution in [0.5, 0.6) is 0 Å². The van der Waals surface area contributed by atoms with E-state index >= 15 is 0 Å². The molecule has 0 amide bonds. The van der Waals surface area contributed by atoms with Gasteiger partial charge in [-0.1, -0.05) is 150 Å². The Morgan fingerprint density at radius 3 is 1.19 bits per heavy atom. The second-order valence-corrected chi connectivity index (χ2v) is 14.8. The van der Waals surface area contributed by atoms with Crippen molar-refractivity contribution >= 4 is 68.2 Å². The third-order valence-electron chi connectivity index (χ3n) is 9.45. The Bertz CT molecular complexity index is 950. The van der Waals surface area contributed by atoms with Gasteiger partial charge in [0.2, 0.25) is 0 Å². The molecular formula is C43H78Br2O12. The number of ether oxygens (including phenoxy) is 3. The van der Waals surface area contributed by atoms with Crippen molar-refractivity contribution in [2.24, 2.45) is 16.7 Å². The van der Waals surface area contributed by atoms with Crippen LogP contribution in [0.1, 0.15) is 191 Å². The summed E-state index contributed by atoms with van der Waals surface area (Å²) in [5.74, 6) is -0.684. The molecule has 0 aromatic carbocycles. The van der Waals surface area contributed by atoms with Crippen LogP contribution in [-0.4, -0.2) is 66.8 Å². The molecule has 0 aromatic heterocycles. The summed E-state index contributed by atoms with van der Waals surface area (Å²) in [6, 6.07) is 0. The summed E-state index contributed by atoms with van der Waals surface area (Å²) in [7, 11) is 0. The molecule has 12 nitrogen and oxygen atoms in total. The Morgan fingerprint density at radius 1 is 0.491 bits per heavy atom. The van der Waals surface area contributed by atoms with E-state index < -0.39 is 17.4 Å². The molecule has 0 saturated heterocycles. The second-order valence-electron chi connectivity index (χ2n) is 13.2. The van der Waals surface area contributed by atoms with Crippen molar-refractivity contribution in [2.75, 3.05) is 30.5 Å². The highest BCUT2D eigenvalue weighted by Gasteiger charge is 2.47. The van der Waals surface area contributed by atoms with Crippen molar-refractivity contribution in [1.82, 2.24) is 0 Å². The van der Waals surface area contributed by atoms with E-state index in [1.165, 1.54) is 57.8 Å². The van der Waals surface area contributed by atoms with Crippen LogP contribution in [0.15, 0.2) is 0 Å². The molecule has 14 heteroatoms. The average Bonchev–Trinajstić information content (AvgIpc) is 3.19. The summed E-state index contributed by atoms with van der Waals surface area (Å²) in [6.45, 7) is 19.7. The van der Waals surface area contributed by atoms with E-state index in [2.05, 4.69) is 66.5 Å². The quantitative estimate of drug-likeness (QED) is 0.0238. The minimum atomic E-state index is -1.13. The lowest BCUT2D eigenvalue weighted by atomic mass is 9.73. The van der Waals surface area contributed by atoms with Crippen LogP contribution in [0.25, 0.3) is 0 Å². The average molecular weight is 947 g/mol. The van der Waals surface area contributed by atoms with E-state index in [1.54, 1.807) is 13.8 Å². The summed E-state index contributed by atoms with van der Waals surface area (Å²) in [6.07, 6.45) is 22.3. The van der Waals surface area contributed by atoms with Gasteiger partial charge in [-0.3, -0.25) is 14.4 Å². The molecular weight excluding hydrogens is 868 g/mol. The number of carbonyl (C=O) groups excluding carboxylic acids is 9. The molecule has 0 aromatic rings. The molecule has 0 aliphatic carbocycles. The Balaban J connectivity index is -0.000000188. The van der Waals surface area contributed by atoms with Gasteiger partial charge >= 0.3 is 36.4 Å². The van der Waals surface area contributed by atoms with Gasteiger partial charge in [0.15, 0.2) is 5.41 Å². The Morgan fingerprint density at radius 2 is 0.842 bits per heavy atom. The normalized spacial score (nSPS) is 10.4. The maximum atomic E-state index is 12.8. The molecule has 0 aliphatic heterocycles. The van der Waals surface area contributed by atoms with Crippen molar-refractivity contribution in [1.29, 1.82) is 0 Å². The summed E-state index contributed by atoms with van der Waals surface area (Å²) < 4.78 is 15.6. The standard InChI is InChI=1S/C25H48O4.C10H20O2.C5H10Br2.3CO2/c1-7-13-18-24(9-3,10-4)19-16-15-17-21-25(20-14-8-2,22(26)28-11-5)23(27)29-12-6;1-4-7-8-9(5-2)10(11)12-6-3;6-4-2-1-3-5-7;3*2-1-3/h7-21H2,1-6H3;9H,4-8H2,1-3H3;1-5H2;;;. The molecule has 0 saturated carbocycles. The first-order valence-corrected chi connectivity index (χ1v) is 23.2. The van der Waals surface area contributed by atoms with Crippen LogP contribution in [0, 0.1) is 16.7 Å². The van der Waals surface area contributed by atoms with Gasteiger partial charge in [0.05, 0.1) is 25.7 Å². The molecule has 0 N–H and O–H groups in total. The highest BCUT2D eigenvalue weighted by atomic mass is 79.9. The highest BCUT2D eigenvalue weighted by molar-refractivity contribution is 9.09. The van der Waals surface area contributed by atoms with Crippen LogP contribution in [0.3, 0.4) is 0 Å². The molecule has 0 radical (unpaired) electrons. The van der Waals surface area contributed by atoms with E-state index in [1.807, 2.05) is 13.8 Å². The lowest BCUT2D eigenvalue weighted by Gasteiger charge is -2.32. The first-order chi connectivity index (χ1) is 27.3. The number of hydrogen-bond donors (Lipinski definition) is 0. The fourth-order valence-electron chi connectivity index (χ4n) is 5.94. The van der Waals surface area contributed by atoms with E-state index in [9.17, 15) is 14.4 Å². The molecule has 0 fully saturated rings. The summed E-state index contributed by atoms with van der Waals surface area (Å²) in [4.78, 5) is 85.6. The van der Waals surface area contributed by atoms with Gasteiger partial charge in [0, 0.05) is 10.7 Å². The van der Waals surface area contributed by atoms with Crippen molar-refractivity contribution in [2.45, 2.75) is 191 Å². The second kappa shape index (κ2) is 53.5. The van der Waals surface area contributed by atoms with Crippen LogP contribution in [0.4, 0.5) is 0 Å². The van der Waals surface area contributed by atoms with Crippen molar-refractivity contribution < 1.29 is 57.4 Å². The van der Waals surface area contributed by atoms with Gasteiger partial charge in [-0.05, 0) is 77.6 Å². The lowest BCUT2D eigenvalue weighted by molar-refractivity contribution is -0.193. The Labute approximate surface area is 362 Å². The fourth-order valence-corrected chi connectivity index (χ4v) is 6.73. The van der Waals surface area contributed by atoms with E-state index in [-0.39, 0.29) is 30.3 Å². The number of unbranched alkanes of at least 4 members (excludes halogenated alkanes) is 7. The molecule has 0 bridgehead atoms. The number of esters is 3. The SMILES string of the molecule is BrCCCCCBr.CCCCC(CC)(CC)CCCCCC(CCCC)(C(=O)OCC)C(=O)OCC.CCCCC(CC)C(=O)OCC.O=C=O.O=C=O.O=C=O. The van der Waals surface area contributed by atoms with Gasteiger partial charge in [0.1, 0.15) is 0 Å². The zero-order chi connectivity index (χ0) is 45.2. The van der Waals surface area contributed by atoms with E-state index in [0.717, 1.165) is 68.4 Å². The maximum absolute atomic E-state index is 12.8. The van der Waals surface area contributed by atoms with Crippen molar-refractivity contribution in [3.05, 3.63) is 0 Å². The predicted molar refractivity (Wildman–Crippen MR) is 227 cm³/mol. The van der Waals surface area contributed by atoms with Gasteiger partial charge in [0.25, 0.3) is 0 Å². The summed E-state index contributed by atoms with van der Waals surface area (Å²) in [5.41, 5.74) is -0.672. The van der Waals surface area contributed by atoms with Crippen molar-refractivity contribution in [3.8, 4) is 0 Å². The molecule has 1 unspecified atom stereocenters. The largest absolute Gasteiger partial charge is 0.466 e. The summed E-state index contributed by atoms with van der Waals surface area (Å²) in [5, 5.41) is 2.31. The molecule has 1 atom stereocenters. The first-order valence-electron chi connectivity index (χ1n) is 20.9. The lowest BCUT2D eigenvalue weighted by Crippen LogP contribution is -2.42. The number of hydrogen-bond acceptors (Lipinski definition) is 12. The third-order valence-corrected chi connectivity index (χ3v) is 10.6. The minimum Gasteiger partial charge on any atom is -0.466 e. The first kappa shape index (κ1) is 66.3. The summed E-state index contributed by atoms with van der Waals surface area (Å²) >= 11 is 6.73. The number of halogens is 2.